The van der Waals surface area contributed by atoms with Crippen molar-refractivity contribution in [3.8, 4) is 0 Å². The maximum atomic E-state index is 15.2. The second-order valence-corrected chi connectivity index (χ2v) is 10.1. The van der Waals surface area contributed by atoms with Crippen LogP contribution >= 0.6 is 7.82 Å². The number of alkyl halides is 2. The van der Waals surface area contributed by atoms with E-state index in [0.717, 1.165) is 17.2 Å². The van der Waals surface area contributed by atoms with Gasteiger partial charge in [0.05, 0.1) is 19.5 Å². The molecule has 2 fully saturated rings. The Balaban J connectivity index is 1.27. The van der Waals surface area contributed by atoms with E-state index < -0.39 is 87.4 Å². The molecule has 19 nitrogen and oxygen atoms in total. The Hall–Kier alpha value is -3.43. The van der Waals surface area contributed by atoms with Gasteiger partial charge in [0.2, 0.25) is 11.9 Å². The van der Waals surface area contributed by atoms with Crippen molar-refractivity contribution in [3.63, 3.8) is 0 Å². The van der Waals surface area contributed by atoms with Crippen molar-refractivity contribution in [2.75, 3.05) is 24.7 Å². The van der Waals surface area contributed by atoms with E-state index >= 15 is 4.39 Å². The van der Waals surface area contributed by atoms with Crippen LogP contribution in [0.4, 0.5) is 20.7 Å². The van der Waals surface area contributed by atoms with Gasteiger partial charge in [0.25, 0.3) is 5.56 Å². The quantitative estimate of drug-likeness (QED) is 0.144. The van der Waals surface area contributed by atoms with Crippen LogP contribution in [0.2, 0.25) is 0 Å². The van der Waals surface area contributed by atoms with Crippen LogP contribution in [-0.4, -0.2) is 99.1 Å². The number of imidazole rings is 1. The molecule has 2 saturated heterocycles. The SMILES string of the molecule is Nc1ncn([C@@H]2O[C@H](CO)[C@H](OP(=O)(O)OC[C@H]3O[C@@H](n4cnc5c(=O)[nH]c(N)nc54)C(F)C3O)C2F)c(=O)n1. The van der Waals surface area contributed by atoms with E-state index in [-0.39, 0.29) is 17.1 Å². The number of aliphatic hydroxyl groups is 2. The number of nitrogens with one attached hydrogen (secondary N) is 1. The second kappa shape index (κ2) is 10.5. The molecule has 5 heterocycles. The monoisotopic (exact) mass is 593 g/mol. The molecular weight excluding hydrogens is 571 g/mol. The normalized spacial score (nSPS) is 32.0. The van der Waals surface area contributed by atoms with E-state index in [1.54, 1.807) is 0 Å². The lowest BCUT2D eigenvalue weighted by Gasteiger charge is -2.22. The van der Waals surface area contributed by atoms with Crippen LogP contribution in [0, 0.1) is 0 Å². The summed E-state index contributed by atoms with van der Waals surface area (Å²) >= 11 is 0. The van der Waals surface area contributed by atoms with Gasteiger partial charge in [-0.2, -0.15) is 9.97 Å². The lowest BCUT2D eigenvalue weighted by atomic mass is 10.1. The zero-order valence-corrected chi connectivity index (χ0v) is 20.8. The average molecular weight is 593 g/mol. The number of aliphatic hydroxyl groups excluding tert-OH is 2. The van der Waals surface area contributed by atoms with Gasteiger partial charge in [0, 0.05) is 0 Å². The summed E-state index contributed by atoms with van der Waals surface area (Å²) in [7, 11) is -5.17. The van der Waals surface area contributed by atoms with E-state index in [4.69, 9.17) is 30.0 Å². The fourth-order valence-corrected chi connectivity index (χ4v) is 5.22. The summed E-state index contributed by atoms with van der Waals surface area (Å²) in [5, 5.41) is 19.9. The third kappa shape index (κ3) is 5.08. The Kier molecular flexibility index (Phi) is 7.39. The third-order valence-electron chi connectivity index (χ3n) is 6.14. The minimum atomic E-state index is -5.17. The molecule has 0 saturated carbocycles. The molecule has 0 bridgehead atoms. The number of hydrogen-bond acceptors (Lipinski definition) is 15. The van der Waals surface area contributed by atoms with Gasteiger partial charge in [-0.05, 0) is 0 Å². The first-order chi connectivity index (χ1) is 18.9. The predicted molar refractivity (Wildman–Crippen MR) is 125 cm³/mol. The Morgan fingerprint density at radius 2 is 1.75 bits per heavy atom. The molecule has 218 valence electrons. The van der Waals surface area contributed by atoms with Crippen LogP contribution in [0.5, 0.6) is 0 Å². The Bertz CT molecular complexity index is 1570. The van der Waals surface area contributed by atoms with Gasteiger partial charge >= 0.3 is 13.5 Å². The summed E-state index contributed by atoms with van der Waals surface area (Å²) in [5.41, 5.74) is 8.75. The van der Waals surface area contributed by atoms with Crippen molar-refractivity contribution in [3.05, 3.63) is 33.5 Å². The molecule has 8 N–H and O–H groups in total. The molecule has 3 aromatic rings. The number of phosphoric ester groups is 1. The van der Waals surface area contributed by atoms with Crippen LogP contribution in [0.1, 0.15) is 12.5 Å². The van der Waals surface area contributed by atoms with Crippen LogP contribution in [0.25, 0.3) is 11.2 Å². The number of fused-ring (bicyclic) bond motifs is 1. The molecule has 9 atom stereocenters. The zero-order chi connectivity index (χ0) is 28.9. The highest BCUT2D eigenvalue weighted by atomic mass is 31.2. The number of anilines is 2. The molecule has 0 amide bonds. The van der Waals surface area contributed by atoms with Crippen LogP contribution in [0.3, 0.4) is 0 Å². The van der Waals surface area contributed by atoms with Crippen molar-refractivity contribution in [2.45, 2.75) is 49.2 Å². The average Bonchev–Trinajstić information content (AvgIpc) is 3.53. The maximum absolute atomic E-state index is 15.2. The number of phosphoric acid groups is 1. The van der Waals surface area contributed by atoms with Crippen molar-refractivity contribution >= 4 is 30.9 Å². The second-order valence-electron chi connectivity index (χ2n) is 8.71. The molecule has 0 radical (unpaired) electrons. The number of halogens is 2. The van der Waals surface area contributed by atoms with Crippen molar-refractivity contribution in [1.29, 1.82) is 0 Å². The molecule has 22 heteroatoms. The maximum Gasteiger partial charge on any atom is 0.472 e. The van der Waals surface area contributed by atoms with Crippen LogP contribution < -0.4 is 22.7 Å². The Labute approximate surface area is 219 Å². The lowest BCUT2D eigenvalue weighted by molar-refractivity contribution is -0.0576. The summed E-state index contributed by atoms with van der Waals surface area (Å²) < 4.78 is 64.7. The highest BCUT2D eigenvalue weighted by Crippen LogP contribution is 2.49. The smallest absolute Gasteiger partial charge is 0.394 e. The number of nitrogens with zero attached hydrogens (tertiary/aromatic N) is 6. The number of ether oxygens (including phenoxy) is 2. The summed E-state index contributed by atoms with van der Waals surface area (Å²) in [4.78, 5) is 51.0. The van der Waals surface area contributed by atoms with Crippen LogP contribution in [-0.2, 0) is 23.1 Å². The van der Waals surface area contributed by atoms with Gasteiger partial charge < -0.3 is 36.0 Å². The molecule has 2 aliphatic heterocycles. The lowest BCUT2D eigenvalue weighted by Crippen LogP contribution is -2.36. The molecule has 0 spiro atoms. The number of nitrogen functional groups attached to an aromatic ring is 2. The highest BCUT2D eigenvalue weighted by Gasteiger charge is 2.51. The molecule has 0 aromatic carbocycles. The minimum absolute atomic E-state index is 0.149. The van der Waals surface area contributed by atoms with Gasteiger partial charge in [-0.1, -0.05) is 0 Å². The van der Waals surface area contributed by atoms with Crippen molar-refractivity contribution < 1.29 is 47.0 Å². The van der Waals surface area contributed by atoms with E-state index in [1.807, 2.05) is 0 Å². The first-order valence-corrected chi connectivity index (χ1v) is 12.9. The standard InChI is InChI=1S/C18H22F2N9O10P/c19-7-10(31)6(38-14(7)28-3-23-9-12(28)25-17(22)26-13(9)32)2-36-40(34,35)39-11-5(1-30)37-15(8(11)20)29-4-24-16(21)27-18(29)33/h3-8,10-11,14-15,30-31H,1-2H2,(H,34,35)(H2,21,27,33)(H3,22,25,26,32)/t5-,6-,7?,8?,10?,11+,14-,15-/m1/s1. The molecule has 40 heavy (non-hydrogen) atoms. The Morgan fingerprint density at radius 1 is 1.07 bits per heavy atom. The highest BCUT2D eigenvalue weighted by molar-refractivity contribution is 7.47. The van der Waals surface area contributed by atoms with Crippen LogP contribution in [0.15, 0.2) is 22.2 Å². The van der Waals surface area contributed by atoms with E-state index in [0.29, 0.717) is 4.57 Å². The summed E-state index contributed by atoms with van der Waals surface area (Å²) in [6.45, 7) is -1.81. The molecule has 4 unspecified atom stereocenters. The fourth-order valence-electron chi connectivity index (χ4n) is 4.27. The van der Waals surface area contributed by atoms with Gasteiger partial charge in [0.15, 0.2) is 36.0 Å². The predicted octanol–water partition coefficient (Wildman–Crippen LogP) is -2.74. The zero-order valence-electron chi connectivity index (χ0n) is 19.9. The van der Waals surface area contributed by atoms with E-state index in [2.05, 4.69) is 24.9 Å². The third-order valence-corrected chi connectivity index (χ3v) is 7.13. The van der Waals surface area contributed by atoms with E-state index in [1.165, 1.54) is 0 Å². The largest absolute Gasteiger partial charge is 0.472 e. The summed E-state index contributed by atoms with van der Waals surface area (Å²) in [6, 6.07) is 0. The number of rotatable bonds is 8. The number of nitrogens with two attached hydrogens (primary N) is 2. The number of hydrogen-bond donors (Lipinski definition) is 6. The number of aromatic amines is 1. The van der Waals surface area contributed by atoms with Gasteiger partial charge in [-0.3, -0.25) is 28.0 Å². The first kappa shape index (κ1) is 28.1. The van der Waals surface area contributed by atoms with Gasteiger partial charge in [-0.15, -0.1) is 0 Å². The molecule has 0 aliphatic carbocycles. The molecule has 5 rings (SSSR count). The van der Waals surface area contributed by atoms with Crippen molar-refractivity contribution in [1.82, 2.24) is 34.1 Å². The Morgan fingerprint density at radius 3 is 2.45 bits per heavy atom. The minimum Gasteiger partial charge on any atom is -0.394 e. The van der Waals surface area contributed by atoms with Gasteiger partial charge in [-0.25, -0.2) is 28.1 Å². The van der Waals surface area contributed by atoms with Crippen molar-refractivity contribution in [2.24, 2.45) is 0 Å². The van der Waals surface area contributed by atoms with E-state index in [9.17, 15) is 33.7 Å². The molecule has 2 aliphatic rings. The molecular formula is C18H22F2N9O10P. The summed E-state index contributed by atoms with van der Waals surface area (Å²) in [5.74, 6) is -0.676. The number of H-pyrrole nitrogens is 1. The summed E-state index contributed by atoms with van der Waals surface area (Å²) in [6.07, 6.45) is -12.8. The van der Waals surface area contributed by atoms with Gasteiger partial charge in [0.1, 0.15) is 30.7 Å². The number of aromatic nitrogens is 7. The molecule has 3 aromatic heterocycles. The topological polar surface area (TPSA) is 278 Å². The fraction of sp³-hybridized carbons (Fsp3) is 0.556. The first-order valence-electron chi connectivity index (χ1n) is 11.4.